The number of nitrogens with one attached hydrogen (secondary N) is 1. The van der Waals surface area contributed by atoms with Crippen molar-refractivity contribution < 1.29 is 17.9 Å². The molecule has 2 saturated heterocycles. The minimum absolute atomic E-state index is 0.0541. The van der Waals surface area contributed by atoms with Crippen molar-refractivity contribution in [3.63, 3.8) is 0 Å². The zero-order valence-corrected chi connectivity index (χ0v) is 21.1. The van der Waals surface area contributed by atoms with Crippen LogP contribution in [0.4, 0.5) is 17.1 Å². The van der Waals surface area contributed by atoms with Gasteiger partial charge in [0.25, 0.3) is 5.91 Å². The second-order valence-electron chi connectivity index (χ2n) is 8.11. The van der Waals surface area contributed by atoms with E-state index in [1.54, 1.807) is 13.2 Å². The van der Waals surface area contributed by atoms with Crippen LogP contribution in [0.5, 0.6) is 0 Å². The zero-order valence-electron chi connectivity index (χ0n) is 18.0. The van der Waals surface area contributed by atoms with Crippen molar-refractivity contribution in [2.75, 3.05) is 47.0 Å². The highest BCUT2D eigenvalue weighted by Gasteiger charge is 2.30. The number of rotatable bonds is 5. The highest BCUT2D eigenvalue weighted by Crippen LogP contribution is 2.35. The van der Waals surface area contributed by atoms with E-state index in [9.17, 15) is 13.2 Å². The number of anilines is 3. The SMILES string of the molecule is COC1CCN(c2cc(Cl)cc(NC(=O)c3cc(N4CCCS4(=O)=O)cc(Cl)c3Cl)c2)CC1. The molecule has 0 aromatic heterocycles. The molecule has 33 heavy (non-hydrogen) atoms. The van der Waals surface area contributed by atoms with Gasteiger partial charge in [-0.25, -0.2) is 8.42 Å². The lowest BCUT2D eigenvalue weighted by Crippen LogP contribution is -2.36. The number of carbonyl (C=O) groups excluding carboxylic acids is 1. The Kier molecular flexibility index (Phi) is 7.31. The molecule has 178 valence electrons. The summed E-state index contributed by atoms with van der Waals surface area (Å²) in [6.45, 7) is 1.97. The smallest absolute Gasteiger partial charge is 0.257 e. The minimum atomic E-state index is -3.43. The fraction of sp³-hybridized carbons (Fsp3) is 0.409. The van der Waals surface area contributed by atoms with Gasteiger partial charge in [-0.3, -0.25) is 9.10 Å². The Labute approximate surface area is 208 Å². The first-order valence-corrected chi connectivity index (χ1v) is 13.3. The number of hydrogen-bond acceptors (Lipinski definition) is 5. The van der Waals surface area contributed by atoms with Gasteiger partial charge in [0, 0.05) is 43.1 Å². The molecule has 0 aliphatic carbocycles. The molecule has 2 heterocycles. The molecule has 2 aliphatic rings. The molecule has 2 fully saturated rings. The Morgan fingerprint density at radius 1 is 1.03 bits per heavy atom. The third-order valence-electron chi connectivity index (χ3n) is 5.93. The molecule has 0 bridgehead atoms. The molecule has 2 aliphatic heterocycles. The summed E-state index contributed by atoms with van der Waals surface area (Å²) in [7, 11) is -1.71. The first kappa shape index (κ1) is 24.4. The molecule has 7 nitrogen and oxygen atoms in total. The van der Waals surface area contributed by atoms with Crippen LogP contribution in [0.25, 0.3) is 0 Å². The van der Waals surface area contributed by atoms with Crippen LogP contribution < -0.4 is 14.5 Å². The minimum Gasteiger partial charge on any atom is -0.381 e. The van der Waals surface area contributed by atoms with Gasteiger partial charge in [0.15, 0.2) is 0 Å². The van der Waals surface area contributed by atoms with Crippen molar-refractivity contribution >= 4 is 67.8 Å². The number of piperidine rings is 1. The Bertz CT molecular complexity index is 1170. The highest BCUT2D eigenvalue weighted by molar-refractivity contribution is 7.93. The normalized spacial score (nSPS) is 18.5. The predicted molar refractivity (Wildman–Crippen MR) is 134 cm³/mol. The van der Waals surface area contributed by atoms with E-state index in [1.807, 2.05) is 12.1 Å². The summed E-state index contributed by atoms with van der Waals surface area (Å²) in [6.07, 6.45) is 2.57. The number of sulfonamides is 1. The molecule has 2 aromatic rings. The van der Waals surface area contributed by atoms with E-state index in [0.717, 1.165) is 31.6 Å². The van der Waals surface area contributed by atoms with Crippen molar-refractivity contribution in [1.82, 2.24) is 0 Å². The average Bonchev–Trinajstić information content (AvgIpc) is 3.14. The molecular formula is C22H24Cl3N3O4S. The van der Waals surface area contributed by atoms with Gasteiger partial charge in [0.1, 0.15) is 0 Å². The summed E-state index contributed by atoms with van der Waals surface area (Å²) in [5, 5.41) is 3.46. The van der Waals surface area contributed by atoms with E-state index < -0.39 is 15.9 Å². The number of nitrogens with zero attached hydrogens (tertiary/aromatic N) is 2. The van der Waals surface area contributed by atoms with Crippen LogP contribution in [0.15, 0.2) is 30.3 Å². The number of carbonyl (C=O) groups is 1. The zero-order chi connectivity index (χ0) is 23.8. The summed E-state index contributed by atoms with van der Waals surface area (Å²) in [4.78, 5) is 15.3. The van der Waals surface area contributed by atoms with Crippen LogP contribution in [0.3, 0.4) is 0 Å². The maximum atomic E-state index is 13.1. The van der Waals surface area contributed by atoms with Gasteiger partial charge < -0.3 is 15.0 Å². The Balaban J connectivity index is 1.58. The number of hydrogen-bond donors (Lipinski definition) is 1. The summed E-state index contributed by atoms with van der Waals surface area (Å²) >= 11 is 18.9. The second-order valence-corrected chi connectivity index (χ2v) is 11.3. The number of ether oxygens (including phenoxy) is 1. The van der Waals surface area contributed by atoms with Crippen LogP contribution in [0.2, 0.25) is 15.1 Å². The maximum absolute atomic E-state index is 13.1. The van der Waals surface area contributed by atoms with Crippen LogP contribution in [0.1, 0.15) is 29.6 Å². The Morgan fingerprint density at radius 2 is 1.76 bits per heavy atom. The van der Waals surface area contributed by atoms with Gasteiger partial charge in [0.05, 0.1) is 33.2 Å². The number of amides is 1. The van der Waals surface area contributed by atoms with Crippen molar-refractivity contribution in [3.8, 4) is 0 Å². The van der Waals surface area contributed by atoms with E-state index in [1.165, 1.54) is 16.4 Å². The first-order chi connectivity index (χ1) is 15.7. The highest BCUT2D eigenvalue weighted by atomic mass is 35.5. The van der Waals surface area contributed by atoms with Gasteiger partial charge in [0.2, 0.25) is 10.0 Å². The quantitative estimate of drug-likeness (QED) is 0.583. The molecular weight excluding hydrogens is 509 g/mol. The standard InChI is InChI=1S/C22H24Cl3N3O4S/c1-32-18-3-6-27(7-4-18)16-10-14(23)9-15(11-16)26-22(29)19-12-17(13-20(24)21(19)25)28-5-2-8-33(28,30)31/h9-13,18H,2-8H2,1H3,(H,26,29). The van der Waals surface area contributed by atoms with E-state index >= 15 is 0 Å². The molecule has 2 aromatic carbocycles. The summed E-state index contributed by atoms with van der Waals surface area (Å²) < 4.78 is 31.3. The summed E-state index contributed by atoms with van der Waals surface area (Å²) in [5.41, 5.74) is 1.81. The maximum Gasteiger partial charge on any atom is 0.257 e. The lowest BCUT2D eigenvalue weighted by Gasteiger charge is -2.33. The monoisotopic (exact) mass is 531 g/mol. The lowest BCUT2D eigenvalue weighted by atomic mass is 10.1. The molecule has 1 amide bonds. The third kappa shape index (κ3) is 5.35. The Morgan fingerprint density at radius 3 is 2.39 bits per heavy atom. The van der Waals surface area contributed by atoms with E-state index in [4.69, 9.17) is 39.5 Å². The molecule has 0 atom stereocenters. The van der Waals surface area contributed by atoms with Crippen LogP contribution in [-0.4, -0.2) is 52.9 Å². The largest absolute Gasteiger partial charge is 0.381 e. The van der Waals surface area contributed by atoms with Crippen LogP contribution in [-0.2, 0) is 14.8 Å². The van der Waals surface area contributed by atoms with Gasteiger partial charge in [-0.05, 0) is 49.6 Å². The fourth-order valence-corrected chi connectivity index (χ4v) is 6.38. The van der Waals surface area contributed by atoms with Crippen molar-refractivity contribution in [2.45, 2.75) is 25.4 Å². The second kappa shape index (κ2) is 9.88. The van der Waals surface area contributed by atoms with E-state index in [2.05, 4.69) is 10.2 Å². The fourth-order valence-electron chi connectivity index (χ4n) is 4.19. The summed E-state index contributed by atoms with van der Waals surface area (Å²) in [5.74, 6) is -0.450. The van der Waals surface area contributed by atoms with E-state index in [0.29, 0.717) is 29.4 Å². The molecule has 1 N–H and O–H groups in total. The van der Waals surface area contributed by atoms with Gasteiger partial charge in [-0.2, -0.15) is 0 Å². The number of methoxy groups -OCH3 is 1. The average molecular weight is 533 g/mol. The third-order valence-corrected chi connectivity index (χ3v) is 8.82. The molecule has 11 heteroatoms. The van der Waals surface area contributed by atoms with Crippen molar-refractivity contribution in [1.29, 1.82) is 0 Å². The Hall–Kier alpha value is -1.71. The summed E-state index contributed by atoms with van der Waals surface area (Å²) in [6, 6.07) is 8.27. The first-order valence-electron chi connectivity index (χ1n) is 10.6. The van der Waals surface area contributed by atoms with Gasteiger partial charge in [-0.1, -0.05) is 34.8 Å². The molecule has 0 spiro atoms. The van der Waals surface area contributed by atoms with E-state index in [-0.39, 0.29) is 27.5 Å². The molecule has 0 saturated carbocycles. The van der Waals surface area contributed by atoms with Crippen molar-refractivity contribution in [2.24, 2.45) is 0 Å². The predicted octanol–water partition coefficient (Wildman–Crippen LogP) is 5.05. The van der Waals surface area contributed by atoms with Crippen LogP contribution >= 0.6 is 34.8 Å². The van der Waals surface area contributed by atoms with Crippen LogP contribution in [0, 0.1) is 0 Å². The topological polar surface area (TPSA) is 79.0 Å². The molecule has 4 rings (SSSR count). The molecule has 0 unspecified atom stereocenters. The number of halogens is 3. The number of benzene rings is 2. The lowest BCUT2D eigenvalue weighted by molar-refractivity contribution is 0.0819. The van der Waals surface area contributed by atoms with Crippen molar-refractivity contribution in [3.05, 3.63) is 51.0 Å². The molecule has 0 radical (unpaired) electrons. The van der Waals surface area contributed by atoms with Gasteiger partial charge >= 0.3 is 0 Å². The van der Waals surface area contributed by atoms with Gasteiger partial charge in [-0.15, -0.1) is 0 Å².